The molecule has 4 rings (SSSR count). The van der Waals surface area contributed by atoms with Crippen LogP contribution in [0.3, 0.4) is 0 Å². The first kappa shape index (κ1) is 26.8. The molecular weight excluding hydrogens is 458 g/mol. The summed E-state index contributed by atoms with van der Waals surface area (Å²) in [7, 11) is 1.71. The van der Waals surface area contributed by atoms with Gasteiger partial charge in [0.15, 0.2) is 0 Å². The summed E-state index contributed by atoms with van der Waals surface area (Å²) in [6.07, 6.45) is 16.8. The molecule has 35 heavy (non-hydrogen) atoms. The van der Waals surface area contributed by atoms with Crippen LogP contribution < -0.4 is 5.32 Å². The van der Waals surface area contributed by atoms with Crippen molar-refractivity contribution in [3.05, 3.63) is 28.3 Å². The molecule has 0 aromatic heterocycles. The summed E-state index contributed by atoms with van der Waals surface area (Å²) in [5, 5.41) is 24.5. The highest BCUT2D eigenvalue weighted by molar-refractivity contribution is 6.31. The van der Waals surface area contributed by atoms with Gasteiger partial charge in [-0.2, -0.15) is 0 Å². The monoisotopic (exact) mass is 503 g/mol. The van der Waals surface area contributed by atoms with Crippen molar-refractivity contribution in [2.45, 2.75) is 115 Å². The SMILES string of the molecule is CNC(=O)CCCCCCCCCC[C@@H]1Cc2cc(O)cc(Cl)c2C2CC[C@]3(C)C(O)CCC3C21. The molecule has 3 aliphatic carbocycles. The molecule has 0 saturated heterocycles. The second kappa shape index (κ2) is 11.9. The van der Waals surface area contributed by atoms with E-state index in [-0.39, 0.29) is 17.4 Å². The van der Waals surface area contributed by atoms with Crippen molar-refractivity contribution in [3.63, 3.8) is 0 Å². The Morgan fingerprint density at radius 3 is 2.46 bits per heavy atom. The standard InChI is InChI=1S/C30H46ClNO3/c1-30-16-15-23-28(24(30)13-14-26(30)34)20(17-21-18-22(33)19-25(31)29(21)23)11-9-7-5-3-4-6-8-10-12-27(35)32-2/h18-20,23-24,26,28,33-34H,3-17H2,1-2H3,(H,32,35)/t20-,23?,24?,26?,28?,30+/m1/s1. The molecule has 1 aromatic carbocycles. The molecule has 196 valence electrons. The van der Waals surface area contributed by atoms with E-state index in [0.717, 1.165) is 50.0 Å². The van der Waals surface area contributed by atoms with Crippen molar-refractivity contribution < 1.29 is 15.0 Å². The molecule has 4 nitrogen and oxygen atoms in total. The predicted octanol–water partition coefficient (Wildman–Crippen LogP) is 7.14. The lowest BCUT2D eigenvalue weighted by Gasteiger charge is -2.53. The molecular formula is C30H46ClNO3. The minimum Gasteiger partial charge on any atom is -0.508 e. The van der Waals surface area contributed by atoms with E-state index in [0.29, 0.717) is 35.8 Å². The fourth-order valence-corrected chi connectivity index (χ4v) is 8.37. The number of benzene rings is 1. The number of phenolic OH excluding ortho intramolecular Hbond substituents is 1. The van der Waals surface area contributed by atoms with Crippen LogP contribution in [-0.2, 0) is 11.2 Å². The number of aromatic hydroxyl groups is 1. The van der Waals surface area contributed by atoms with E-state index < -0.39 is 0 Å². The number of unbranched alkanes of at least 4 members (excludes halogenated alkanes) is 7. The molecule has 0 aliphatic heterocycles. The number of nitrogens with one attached hydrogen (secondary N) is 1. The molecule has 0 spiro atoms. The van der Waals surface area contributed by atoms with Crippen LogP contribution >= 0.6 is 11.6 Å². The van der Waals surface area contributed by atoms with Gasteiger partial charge < -0.3 is 15.5 Å². The number of fused-ring (bicyclic) bond motifs is 5. The molecule has 3 N–H and O–H groups in total. The Kier molecular flexibility index (Phi) is 9.08. The predicted molar refractivity (Wildman–Crippen MR) is 143 cm³/mol. The van der Waals surface area contributed by atoms with Crippen LogP contribution in [0.5, 0.6) is 5.75 Å². The number of rotatable bonds is 11. The molecule has 4 unspecified atom stereocenters. The molecule has 6 atom stereocenters. The smallest absolute Gasteiger partial charge is 0.219 e. The number of hydrogen-bond donors (Lipinski definition) is 3. The molecule has 5 heteroatoms. The van der Waals surface area contributed by atoms with Crippen LogP contribution in [-0.4, -0.2) is 29.3 Å². The lowest BCUT2D eigenvalue weighted by atomic mass is 9.52. The Labute approximate surface area is 217 Å². The second-order valence-electron chi connectivity index (χ2n) is 11.9. The molecule has 1 amide bonds. The van der Waals surface area contributed by atoms with Gasteiger partial charge in [-0.3, -0.25) is 4.79 Å². The van der Waals surface area contributed by atoms with Gasteiger partial charge in [0.1, 0.15) is 5.75 Å². The maximum atomic E-state index is 11.3. The Bertz CT molecular complexity index is 873. The third-order valence-corrected chi connectivity index (χ3v) is 10.2. The van der Waals surface area contributed by atoms with Gasteiger partial charge >= 0.3 is 0 Å². The van der Waals surface area contributed by atoms with E-state index >= 15 is 0 Å². The zero-order valence-electron chi connectivity index (χ0n) is 21.8. The maximum Gasteiger partial charge on any atom is 0.219 e. The van der Waals surface area contributed by atoms with E-state index in [2.05, 4.69) is 12.2 Å². The van der Waals surface area contributed by atoms with Crippen LogP contribution in [0.4, 0.5) is 0 Å². The highest BCUT2D eigenvalue weighted by Gasteiger charge is 2.56. The van der Waals surface area contributed by atoms with Crippen molar-refractivity contribution in [2.24, 2.45) is 23.2 Å². The van der Waals surface area contributed by atoms with Crippen molar-refractivity contribution >= 4 is 17.5 Å². The topological polar surface area (TPSA) is 69.6 Å². The number of phenols is 1. The zero-order valence-corrected chi connectivity index (χ0v) is 22.6. The van der Waals surface area contributed by atoms with E-state index in [1.165, 1.54) is 56.1 Å². The average molecular weight is 504 g/mol. The number of carbonyl (C=O) groups is 1. The van der Waals surface area contributed by atoms with Gasteiger partial charge in [0.2, 0.25) is 5.91 Å². The first-order chi connectivity index (χ1) is 16.8. The van der Waals surface area contributed by atoms with Gasteiger partial charge in [0.25, 0.3) is 0 Å². The first-order valence-electron chi connectivity index (χ1n) is 14.2. The third kappa shape index (κ3) is 5.85. The van der Waals surface area contributed by atoms with Crippen LogP contribution in [0.25, 0.3) is 0 Å². The molecule has 0 heterocycles. The summed E-state index contributed by atoms with van der Waals surface area (Å²) < 4.78 is 0. The highest BCUT2D eigenvalue weighted by Crippen LogP contribution is 2.63. The third-order valence-electron chi connectivity index (χ3n) is 9.89. The van der Waals surface area contributed by atoms with Gasteiger partial charge in [-0.1, -0.05) is 63.5 Å². The van der Waals surface area contributed by atoms with Gasteiger partial charge in [-0.05, 0) is 97.3 Å². The van der Waals surface area contributed by atoms with Gasteiger partial charge in [0, 0.05) is 18.5 Å². The number of carbonyl (C=O) groups excluding carboxylic acids is 1. The fourth-order valence-electron chi connectivity index (χ4n) is 8.00. The quantitative estimate of drug-likeness (QED) is 0.281. The molecule has 3 aliphatic rings. The largest absolute Gasteiger partial charge is 0.508 e. The van der Waals surface area contributed by atoms with E-state index in [1.54, 1.807) is 13.1 Å². The highest BCUT2D eigenvalue weighted by atomic mass is 35.5. The number of aliphatic hydroxyl groups is 1. The van der Waals surface area contributed by atoms with Gasteiger partial charge in [-0.25, -0.2) is 0 Å². The summed E-state index contributed by atoms with van der Waals surface area (Å²) in [6, 6.07) is 3.69. The van der Waals surface area contributed by atoms with Crippen molar-refractivity contribution in [1.29, 1.82) is 0 Å². The lowest BCUT2D eigenvalue weighted by molar-refractivity contribution is -0.120. The minimum atomic E-state index is -0.165. The summed E-state index contributed by atoms with van der Waals surface area (Å²) in [4.78, 5) is 11.3. The van der Waals surface area contributed by atoms with E-state index in [1.807, 2.05) is 6.07 Å². The summed E-state index contributed by atoms with van der Waals surface area (Å²) in [6.45, 7) is 2.34. The van der Waals surface area contributed by atoms with E-state index in [9.17, 15) is 15.0 Å². The van der Waals surface area contributed by atoms with Crippen LogP contribution in [0.15, 0.2) is 12.1 Å². The maximum absolute atomic E-state index is 11.3. The summed E-state index contributed by atoms with van der Waals surface area (Å²) in [5.74, 6) is 2.70. The van der Waals surface area contributed by atoms with Crippen molar-refractivity contribution in [1.82, 2.24) is 5.32 Å². The Hall–Kier alpha value is -1.26. The van der Waals surface area contributed by atoms with Crippen molar-refractivity contribution in [3.8, 4) is 5.75 Å². The van der Waals surface area contributed by atoms with Crippen LogP contribution in [0.2, 0.25) is 5.02 Å². The molecule has 2 fully saturated rings. The number of aliphatic hydroxyl groups excluding tert-OH is 1. The normalized spacial score (nSPS) is 31.5. The van der Waals surface area contributed by atoms with E-state index in [4.69, 9.17) is 11.6 Å². The number of amides is 1. The fraction of sp³-hybridized carbons (Fsp3) is 0.767. The summed E-state index contributed by atoms with van der Waals surface area (Å²) >= 11 is 6.72. The Morgan fingerprint density at radius 1 is 1.06 bits per heavy atom. The van der Waals surface area contributed by atoms with Crippen molar-refractivity contribution in [2.75, 3.05) is 7.05 Å². The van der Waals surface area contributed by atoms with Gasteiger partial charge in [0.05, 0.1) is 6.10 Å². The summed E-state index contributed by atoms with van der Waals surface area (Å²) in [5.41, 5.74) is 2.61. The lowest BCUT2D eigenvalue weighted by Crippen LogP contribution is -2.47. The number of hydrogen-bond acceptors (Lipinski definition) is 3. The molecule has 2 saturated carbocycles. The second-order valence-corrected chi connectivity index (χ2v) is 12.3. The molecule has 1 aromatic rings. The Balaban J connectivity index is 1.31. The molecule has 0 radical (unpaired) electrons. The van der Waals surface area contributed by atoms with Crippen LogP contribution in [0, 0.1) is 23.2 Å². The number of halogens is 1. The zero-order chi connectivity index (χ0) is 25.0. The molecule has 0 bridgehead atoms. The van der Waals surface area contributed by atoms with Crippen LogP contribution in [0.1, 0.15) is 114 Å². The average Bonchev–Trinajstić information content (AvgIpc) is 3.13. The Morgan fingerprint density at radius 2 is 1.74 bits per heavy atom. The minimum absolute atomic E-state index is 0.0537. The first-order valence-corrected chi connectivity index (χ1v) is 14.6. The van der Waals surface area contributed by atoms with Gasteiger partial charge in [-0.15, -0.1) is 0 Å².